The van der Waals surface area contributed by atoms with Gasteiger partial charge in [0, 0.05) is 12.6 Å². The van der Waals surface area contributed by atoms with Crippen LogP contribution in [0.1, 0.15) is 63.5 Å². The molecule has 1 aliphatic rings. The summed E-state index contributed by atoms with van der Waals surface area (Å²) in [4.78, 5) is 23.9. The van der Waals surface area contributed by atoms with E-state index in [1.54, 1.807) is 0 Å². The molecule has 126 valence electrons. The molecule has 0 unspecified atom stereocenters. The van der Waals surface area contributed by atoms with Crippen molar-refractivity contribution in [2.75, 3.05) is 0 Å². The predicted octanol–water partition coefficient (Wildman–Crippen LogP) is 3.12. The third-order valence-corrected chi connectivity index (χ3v) is 4.73. The van der Waals surface area contributed by atoms with Crippen LogP contribution in [0.25, 0.3) is 0 Å². The number of rotatable bonds is 4. The van der Waals surface area contributed by atoms with Gasteiger partial charge in [-0.1, -0.05) is 57.9 Å². The molecule has 2 amide bonds. The van der Waals surface area contributed by atoms with Gasteiger partial charge in [-0.3, -0.25) is 9.59 Å². The SMILES string of the molecule is CC(C)c1ccc(CNC(=O)C(=O)N[C@H]2CCCC[C@H]2C)cc1. The van der Waals surface area contributed by atoms with Gasteiger partial charge in [-0.05, 0) is 35.8 Å². The zero-order valence-electron chi connectivity index (χ0n) is 14.4. The Balaban J connectivity index is 1.80. The number of hydrogen-bond donors (Lipinski definition) is 2. The second-order valence-electron chi connectivity index (χ2n) is 6.92. The van der Waals surface area contributed by atoms with E-state index >= 15 is 0 Å². The van der Waals surface area contributed by atoms with Crippen molar-refractivity contribution in [3.05, 3.63) is 35.4 Å². The van der Waals surface area contributed by atoms with Crippen LogP contribution >= 0.6 is 0 Å². The van der Waals surface area contributed by atoms with Crippen LogP contribution in [-0.2, 0) is 16.1 Å². The van der Waals surface area contributed by atoms with E-state index in [1.165, 1.54) is 12.0 Å². The van der Waals surface area contributed by atoms with E-state index in [-0.39, 0.29) is 6.04 Å². The third-order valence-electron chi connectivity index (χ3n) is 4.73. The lowest BCUT2D eigenvalue weighted by Gasteiger charge is -2.29. The molecule has 2 N–H and O–H groups in total. The molecular weight excluding hydrogens is 288 g/mol. The van der Waals surface area contributed by atoms with Crippen LogP contribution in [0.3, 0.4) is 0 Å². The number of carbonyl (C=O) groups is 2. The van der Waals surface area contributed by atoms with Gasteiger partial charge < -0.3 is 10.6 Å². The van der Waals surface area contributed by atoms with Gasteiger partial charge in [0.25, 0.3) is 0 Å². The molecule has 1 aromatic rings. The first-order valence-electron chi connectivity index (χ1n) is 8.65. The summed E-state index contributed by atoms with van der Waals surface area (Å²) in [6.07, 6.45) is 4.43. The van der Waals surface area contributed by atoms with Gasteiger partial charge in [0.05, 0.1) is 0 Å². The Labute approximate surface area is 139 Å². The van der Waals surface area contributed by atoms with Crippen LogP contribution < -0.4 is 10.6 Å². The molecule has 0 saturated heterocycles. The van der Waals surface area contributed by atoms with E-state index in [0.29, 0.717) is 18.4 Å². The first-order valence-corrected chi connectivity index (χ1v) is 8.65. The third kappa shape index (κ3) is 5.08. The second-order valence-corrected chi connectivity index (χ2v) is 6.92. The summed E-state index contributed by atoms with van der Waals surface area (Å²) in [5.41, 5.74) is 2.27. The predicted molar refractivity (Wildman–Crippen MR) is 91.9 cm³/mol. The summed E-state index contributed by atoms with van der Waals surface area (Å²) in [6, 6.07) is 8.26. The molecule has 0 aromatic heterocycles. The first-order chi connectivity index (χ1) is 11.0. The summed E-state index contributed by atoms with van der Waals surface area (Å²) >= 11 is 0. The summed E-state index contributed by atoms with van der Waals surface area (Å²) in [5.74, 6) is -0.121. The van der Waals surface area contributed by atoms with Crippen LogP contribution in [-0.4, -0.2) is 17.9 Å². The molecule has 4 nitrogen and oxygen atoms in total. The average molecular weight is 316 g/mol. The molecule has 1 aromatic carbocycles. The van der Waals surface area contributed by atoms with Crippen LogP contribution in [0.15, 0.2) is 24.3 Å². The van der Waals surface area contributed by atoms with Gasteiger partial charge in [-0.2, -0.15) is 0 Å². The Bertz CT molecular complexity index is 537. The summed E-state index contributed by atoms with van der Waals surface area (Å²) < 4.78 is 0. The number of benzene rings is 1. The Morgan fingerprint density at radius 3 is 2.35 bits per heavy atom. The topological polar surface area (TPSA) is 58.2 Å². The van der Waals surface area contributed by atoms with Crippen molar-refractivity contribution >= 4 is 11.8 Å². The molecule has 0 aliphatic heterocycles. The number of hydrogen-bond acceptors (Lipinski definition) is 2. The van der Waals surface area contributed by atoms with Crippen molar-refractivity contribution in [1.82, 2.24) is 10.6 Å². The van der Waals surface area contributed by atoms with E-state index in [9.17, 15) is 9.59 Å². The normalized spacial score (nSPS) is 21.0. The van der Waals surface area contributed by atoms with Crippen LogP contribution in [0.5, 0.6) is 0 Å². The zero-order valence-corrected chi connectivity index (χ0v) is 14.4. The van der Waals surface area contributed by atoms with Crippen molar-refractivity contribution in [1.29, 1.82) is 0 Å². The molecule has 0 radical (unpaired) electrons. The van der Waals surface area contributed by atoms with E-state index in [2.05, 4.69) is 43.5 Å². The van der Waals surface area contributed by atoms with Gasteiger partial charge in [0.2, 0.25) is 0 Å². The van der Waals surface area contributed by atoms with Crippen molar-refractivity contribution in [2.45, 2.75) is 65.0 Å². The molecule has 1 saturated carbocycles. The molecular formula is C19H28N2O2. The van der Waals surface area contributed by atoms with Crippen molar-refractivity contribution in [3.63, 3.8) is 0 Å². The summed E-state index contributed by atoms with van der Waals surface area (Å²) in [7, 11) is 0. The molecule has 2 rings (SSSR count). The molecule has 2 atom stereocenters. The maximum Gasteiger partial charge on any atom is 0.309 e. The molecule has 0 spiro atoms. The lowest BCUT2D eigenvalue weighted by molar-refractivity contribution is -0.140. The Morgan fingerprint density at radius 2 is 1.74 bits per heavy atom. The fourth-order valence-corrected chi connectivity index (χ4v) is 3.05. The van der Waals surface area contributed by atoms with Gasteiger partial charge in [-0.15, -0.1) is 0 Å². The molecule has 0 bridgehead atoms. The minimum Gasteiger partial charge on any atom is -0.345 e. The maximum atomic E-state index is 12.0. The van der Waals surface area contributed by atoms with Gasteiger partial charge in [0.15, 0.2) is 0 Å². The Kier molecular flexibility index (Phi) is 6.20. The summed E-state index contributed by atoms with van der Waals surface area (Å²) in [5, 5.41) is 5.58. The summed E-state index contributed by atoms with van der Waals surface area (Å²) in [6.45, 7) is 6.81. The standard InChI is InChI=1S/C19H28N2O2/c1-13(2)16-10-8-15(9-11-16)12-20-18(22)19(23)21-17-7-5-4-6-14(17)3/h8-11,13-14,17H,4-7,12H2,1-3H3,(H,20,22)(H,21,23)/t14-,17+/m1/s1. The highest BCUT2D eigenvalue weighted by atomic mass is 16.2. The van der Waals surface area contributed by atoms with Gasteiger partial charge in [0.1, 0.15) is 0 Å². The molecule has 1 aliphatic carbocycles. The number of carbonyl (C=O) groups excluding carboxylic acids is 2. The molecule has 1 fully saturated rings. The van der Waals surface area contributed by atoms with E-state index in [4.69, 9.17) is 0 Å². The number of nitrogens with one attached hydrogen (secondary N) is 2. The van der Waals surface area contributed by atoms with Crippen molar-refractivity contribution in [3.8, 4) is 0 Å². The van der Waals surface area contributed by atoms with Crippen molar-refractivity contribution in [2.24, 2.45) is 5.92 Å². The molecule has 0 heterocycles. The van der Waals surface area contributed by atoms with Gasteiger partial charge in [-0.25, -0.2) is 0 Å². The smallest absolute Gasteiger partial charge is 0.309 e. The van der Waals surface area contributed by atoms with Crippen LogP contribution in [0.4, 0.5) is 0 Å². The highest BCUT2D eigenvalue weighted by Gasteiger charge is 2.25. The van der Waals surface area contributed by atoms with Crippen molar-refractivity contribution < 1.29 is 9.59 Å². The van der Waals surface area contributed by atoms with E-state index in [1.807, 2.05) is 12.1 Å². The quantitative estimate of drug-likeness (QED) is 0.839. The first kappa shape index (κ1) is 17.5. The fourth-order valence-electron chi connectivity index (χ4n) is 3.05. The lowest BCUT2D eigenvalue weighted by Crippen LogP contribution is -2.47. The largest absolute Gasteiger partial charge is 0.345 e. The minimum atomic E-state index is -0.546. The molecule has 4 heteroatoms. The van der Waals surface area contributed by atoms with Crippen LogP contribution in [0.2, 0.25) is 0 Å². The van der Waals surface area contributed by atoms with Crippen LogP contribution in [0, 0.1) is 5.92 Å². The minimum absolute atomic E-state index is 0.132. The highest BCUT2D eigenvalue weighted by molar-refractivity contribution is 6.35. The zero-order chi connectivity index (χ0) is 16.8. The second kappa shape index (κ2) is 8.14. The van der Waals surface area contributed by atoms with E-state index in [0.717, 1.165) is 24.8 Å². The molecule has 23 heavy (non-hydrogen) atoms. The monoisotopic (exact) mass is 316 g/mol. The maximum absolute atomic E-state index is 12.0. The average Bonchev–Trinajstić information content (AvgIpc) is 2.55. The van der Waals surface area contributed by atoms with Gasteiger partial charge >= 0.3 is 11.8 Å². The Morgan fingerprint density at radius 1 is 1.09 bits per heavy atom. The lowest BCUT2D eigenvalue weighted by atomic mass is 9.86. The fraction of sp³-hybridized carbons (Fsp3) is 0.579. The highest BCUT2D eigenvalue weighted by Crippen LogP contribution is 2.23. The Hall–Kier alpha value is -1.84. The number of amides is 2. The van der Waals surface area contributed by atoms with E-state index < -0.39 is 11.8 Å².